The number of urea groups is 1. The number of benzene rings is 1. The third-order valence-corrected chi connectivity index (χ3v) is 2.75. The van der Waals surface area contributed by atoms with E-state index in [9.17, 15) is 4.79 Å². The largest absolute Gasteiger partial charge is 0.394 e. The standard InChI is InChI=1S/C12H17ClN2O2/c1-8-5-10(3-4-11(8)13)6-14-12(17)15-9(2)7-16/h3-5,9,16H,6-7H2,1-2H3,(H2,14,15,17)/t9-/m1/s1. The molecule has 0 fully saturated rings. The van der Waals surface area contributed by atoms with Crippen LogP contribution in [-0.4, -0.2) is 23.8 Å². The van der Waals surface area contributed by atoms with E-state index in [4.69, 9.17) is 16.7 Å². The molecule has 2 amide bonds. The number of hydrogen-bond acceptors (Lipinski definition) is 2. The molecule has 0 aliphatic carbocycles. The third kappa shape index (κ3) is 4.63. The van der Waals surface area contributed by atoms with Crippen molar-refractivity contribution in [2.24, 2.45) is 0 Å². The second-order valence-electron chi connectivity index (χ2n) is 3.99. The predicted molar refractivity (Wildman–Crippen MR) is 68.1 cm³/mol. The summed E-state index contributed by atoms with van der Waals surface area (Å²) in [6.45, 7) is 4.00. The number of aryl methyl sites for hydroxylation is 1. The van der Waals surface area contributed by atoms with Crippen molar-refractivity contribution in [2.45, 2.75) is 26.4 Å². The SMILES string of the molecule is Cc1cc(CNC(=O)N[C@H](C)CO)ccc1Cl. The van der Waals surface area contributed by atoms with Crippen molar-refractivity contribution < 1.29 is 9.90 Å². The highest BCUT2D eigenvalue weighted by atomic mass is 35.5. The fraction of sp³-hybridized carbons (Fsp3) is 0.417. The van der Waals surface area contributed by atoms with Crippen molar-refractivity contribution in [1.82, 2.24) is 10.6 Å². The Morgan fingerprint density at radius 2 is 2.24 bits per heavy atom. The normalized spacial score (nSPS) is 12.0. The zero-order valence-electron chi connectivity index (χ0n) is 9.96. The molecule has 0 aliphatic heterocycles. The van der Waals surface area contributed by atoms with Crippen molar-refractivity contribution >= 4 is 17.6 Å². The Hall–Kier alpha value is -1.26. The summed E-state index contributed by atoms with van der Waals surface area (Å²) in [6.07, 6.45) is 0. The number of aliphatic hydroxyl groups is 1. The van der Waals surface area contributed by atoms with Gasteiger partial charge in [0.25, 0.3) is 0 Å². The lowest BCUT2D eigenvalue weighted by atomic mass is 10.1. The molecule has 1 atom stereocenters. The van der Waals surface area contributed by atoms with E-state index in [1.165, 1.54) is 0 Å². The van der Waals surface area contributed by atoms with E-state index < -0.39 is 0 Å². The van der Waals surface area contributed by atoms with Crippen molar-refractivity contribution in [3.05, 3.63) is 34.3 Å². The molecule has 5 heteroatoms. The molecule has 0 heterocycles. The summed E-state index contributed by atoms with van der Waals surface area (Å²) < 4.78 is 0. The molecule has 0 aliphatic rings. The fourth-order valence-electron chi connectivity index (χ4n) is 1.32. The number of amides is 2. The van der Waals surface area contributed by atoms with Crippen molar-refractivity contribution in [3.8, 4) is 0 Å². The van der Waals surface area contributed by atoms with Crippen LogP contribution in [0.3, 0.4) is 0 Å². The molecule has 0 aromatic heterocycles. The van der Waals surface area contributed by atoms with E-state index in [1.807, 2.05) is 25.1 Å². The number of rotatable bonds is 4. The summed E-state index contributed by atoms with van der Waals surface area (Å²) in [5.41, 5.74) is 1.97. The average molecular weight is 257 g/mol. The van der Waals surface area contributed by atoms with Crippen LogP contribution >= 0.6 is 11.6 Å². The number of carbonyl (C=O) groups excluding carboxylic acids is 1. The van der Waals surface area contributed by atoms with Gasteiger partial charge < -0.3 is 15.7 Å². The van der Waals surface area contributed by atoms with Gasteiger partial charge in [-0.05, 0) is 31.0 Å². The second-order valence-corrected chi connectivity index (χ2v) is 4.40. The Balaban J connectivity index is 2.45. The van der Waals surface area contributed by atoms with E-state index in [1.54, 1.807) is 6.92 Å². The van der Waals surface area contributed by atoms with E-state index in [0.717, 1.165) is 11.1 Å². The van der Waals surface area contributed by atoms with Crippen LogP contribution in [0.15, 0.2) is 18.2 Å². The van der Waals surface area contributed by atoms with Crippen LogP contribution in [0.4, 0.5) is 4.79 Å². The fourth-order valence-corrected chi connectivity index (χ4v) is 1.44. The number of hydrogen-bond donors (Lipinski definition) is 3. The highest BCUT2D eigenvalue weighted by Crippen LogP contribution is 2.15. The first-order chi connectivity index (χ1) is 8.02. The predicted octanol–water partition coefficient (Wildman–Crippen LogP) is 1.83. The van der Waals surface area contributed by atoms with Gasteiger partial charge in [-0.25, -0.2) is 4.79 Å². The van der Waals surface area contributed by atoms with Crippen LogP contribution < -0.4 is 10.6 Å². The molecule has 0 radical (unpaired) electrons. The van der Waals surface area contributed by atoms with Crippen molar-refractivity contribution in [1.29, 1.82) is 0 Å². The van der Waals surface area contributed by atoms with Crippen molar-refractivity contribution in [3.63, 3.8) is 0 Å². The molecule has 3 N–H and O–H groups in total. The maximum absolute atomic E-state index is 11.4. The van der Waals surface area contributed by atoms with E-state index in [2.05, 4.69) is 10.6 Å². The Kier molecular flexibility index (Phi) is 5.25. The molecule has 0 saturated heterocycles. The molecule has 94 valence electrons. The minimum Gasteiger partial charge on any atom is -0.394 e. The first kappa shape index (κ1) is 13.8. The van der Waals surface area contributed by atoms with Crippen LogP contribution in [-0.2, 0) is 6.54 Å². The quantitative estimate of drug-likeness (QED) is 0.770. The summed E-state index contributed by atoms with van der Waals surface area (Å²) in [6, 6.07) is 5.06. The summed E-state index contributed by atoms with van der Waals surface area (Å²) in [5, 5.41) is 14.8. The van der Waals surface area contributed by atoms with Gasteiger partial charge in [0.05, 0.1) is 12.6 Å². The smallest absolute Gasteiger partial charge is 0.315 e. The molecule has 1 aromatic carbocycles. The highest BCUT2D eigenvalue weighted by Gasteiger charge is 2.05. The molecule has 1 rings (SSSR count). The van der Waals surface area contributed by atoms with E-state index in [-0.39, 0.29) is 18.7 Å². The molecule has 0 spiro atoms. The lowest BCUT2D eigenvalue weighted by Crippen LogP contribution is -2.41. The van der Waals surface area contributed by atoms with Gasteiger partial charge in [0, 0.05) is 11.6 Å². The van der Waals surface area contributed by atoms with Gasteiger partial charge in [0.15, 0.2) is 0 Å². The van der Waals surface area contributed by atoms with Crippen LogP contribution in [0.5, 0.6) is 0 Å². The third-order valence-electron chi connectivity index (χ3n) is 2.33. The lowest BCUT2D eigenvalue weighted by Gasteiger charge is -2.12. The topological polar surface area (TPSA) is 61.4 Å². The molecular weight excluding hydrogens is 240 g/mol. The van der Waals surface area contributed by atoms with Gasteiger partial charge in [-0.3, -0.25) is 0 Å². The van der Waals surface area contributed by atoms with Gasteiger partial charge in [-0.15, -0.1) is 0 Å². The minimum absolute atomic E-state index is 0.0759. The maximum atomic E-state index is 11.4. The first-order valence-electron chi connectivity index (χ1n) is 5.43. The van der Waals surface area contributed by atoms with E-state index >= 15 is 0 Å². The van der Waals surface area contributed by atoms with E-state index in [0.29, 0.717) is 11.6 Å². The maximum Gasteiger partial charge on any atom is 0.315 e. The van der Waals surface area contributed by atoms with Crippen LogP contribution in [0.2, 0.25) is 5.02 Å². The van der Waals surface area contributed by atoms with Crippen LogP contribution in [0.1, 0.15) is 18.1 Å². The van der Waals surface area contributed by atoms with Crippen LogP contribution in [0, 0.1) is 6.92 Å². The molecule has 0 unspecified atom stereocenters. The summed E-state index contributed by atoms with van der Waals surface area (Å²) in [7, 11) is 0. The Morgan fingerprint density at radius 1 is 1.53 bits per heavy atom. The first-order valence-corrected chi connectivity index (χ1v) is 5.81. The molecule has 1 aromatic rings. The average Bonchev–Trinajstić information content (AvgIpc) is 2.30. The molecule has 4 nitrogen and oxygen atoms in total. The highest BCUT2D eigenvalue weighted by molar-refractivity contribution is 6.31. The Labute approximate surface area is 106 Å². The number of nitrogens with one attached hydrogen (secondary N) is 2. The number of halogens is 1. The monoisotopic (exact) mass is 256 g/mol. The second kappa shape index (κ2) is 6.47. The zero-order chi connectivity index (χ0) is 12.8. The van der Waals surface area contributed by atoms with Crippen molar-refractivity contribution in [2.75, 3.05) is 6.61 Å². The van der Waals surface area contributed by atoms with Gasteiger partial charge in [0.1, 0.15) is 0 Å². The Morgan fingerprint density at radius 3 is 2.82 bits per heavy atom. The number of carbonyl (C=O) groups is 1. The lowest BCUT2D eigenvalue weighted by molar-refractivity contribution is 0.220. The minimum atomic E-state index is -0.292. The summed E-state index contributed by atoms with van der Waals surface area (Å²) in [5.74, 6) is 0. The number of aliphatic hydroxyl groups excluding tert-OH is 1. The molecule has 17 heavy (non-hydrogen) atoms. The summed E-state index contributed by atoms with van der Waals surface area (Å²) in [4.78, 5) is 11.4. The van der Waals surface area contributed by atoms with Gasteiger partial charge in [-0.1, -0.05) is 23.7 Å². The van der Waals surface area contributed by atoms with Gasteiger partial charge in [-0.2, -0.15) is 0 Å². The van der Waals surface area contributed by atoms with Gasteiger partial charge >= 0.3 is 6.03 Å². The molecule has 0 saturated carbocycles. The zero-order valence-corrected chi connectivity index (χ0v) is 10.7. The van der Waals surface area contributed by atoms with Crippen LogP contribution in [0.25, 0.3) is 0 Å². The summed E-state index contributed by atoms with van der Waals surface area (Å²) >= 11 is 5.90. The molecule has 0 bridgehead atoms. The Bertz CT molecular complexity index is 396. The molecular formula is C12H17ClN2O2. The van der Waals surface area contributed by atoms with Gasteiger partial charge in [0.2, 0.25) is 0 Å².